The quantitative estimate of drug-likeness (QED) is 0.899. The number of fused-ring (bicyclic) bond motifs is 1. The molecule has 20 heavy (non-hydrogen) atoms. The molecule has 1 unspecified atom stereocenters. The van der Waals surface area contributed by atoms with Crippen LogP contribution >= 0.6 is 0 Å². The van der Waals surface area contributed by atoms with Crippen LogP contribution in [-0.2, 0) is 29.0 Å². The number of nitrogens with one attached hydrogen (secondary N) is 1. The van der Waals surface area contributed by atoms with Crippen LogP contribution in [0.1, 0.15) is 42.4 Å². The van der Waals surface area contributed by atoms with Crippen LogP contribution in [0.25, 0.3) is 0 Å². The Morgan fingerprint density at radius 3 is 3.10 bits per heavy atom. The maximum absolute atomic E-state index is 5.83. The van der Waals surface area contributed by atoms with E-state index in [2.05, 4.69) is 9.88 Å². The van der Waals surface area contributed by atoms with E-state index in [4.69, 9.17) is 14.5 Å². The van der Waals surface area contributed by atoms with E-state index < -0.39 is 0 Å². The smallest absolute Gasteiger partial charge is 0.112 e. The molecular formula is C15H23N3O2. The summed E-state index contributed by atoms with van der Waals surface area (Å²) in [5.74, 6) is 1.97. The molecule has 3 heterocycles. The molecule has 0 radical (unpaired) electrons. The van der Waals surface area contributed by atoms with Crippen LogP contribution in [0.3, 0.4) is 0 Å². The zero-order valence-electron chi connectivity index (χ0n) is 12.2. The molecule has 1 aromatic heterocycles. The maximum atomic E-state index is 5.83. The van der Waals surface area contributed by atoms with Crippen LogP contribution in [0.2, 0.25) is 0 Å². The van der Waals surface area contributed by atoms with Crippen molar-refractivity contribution in [1.82, 2.24) is 14.9 Å². The summed E-state index contributed by atoms with van der Waals surface area (Å²) in [4.78, 5) is 4.92. The number of nitrogens with zero attached hydrogens (tertiary/aromatic N) is 2. The molecule has 0 bridgehead atoms. The molecular weight excluding hydrogens is 254 g/mol. The molecule has 5 nitrogen and oxygen atoms in total. The first kappa shape index (κ1) is 12.8. The fourth-order valence-corrected chi connectivity index (χ4v) is 3.45. The lowest BCUT2D eigenvalue weighted by Gasteiger charge is -2.28. The van der Waals surface area contributed by atoms with Crippen LogP contribution in [0.4, 0.5) is 0 Å². The second-order valence-electron chi connectivity index (χ2n) is 6.34. The monoisotopic (exact) mass is 277 g/mol. The van der Waals surface area contributed by atoms with Gasteiger partial charge in [-0.1, -0.05) is 0 Å². The van der Waals surface area contributed by atoms with Crippen molar-refractivity contribution in [3.05, 3.63) is 17.2 Å². The van der Waals surface area contributed by atoms with E-state index >= 15 is 0 Å². The number of hydrogen-bond acceptors (Lipinski definition) is 4. The number of ether oxygens (including phenoxy) is 2. The topological polar surface area (TPSA) is 48.3 Å². The van der Waals surface area contributed by atoms with E-state index in [1.165, 1.54) is 30.1 Å². The highest BCUT2D eigenvalue weighted by atomic mass is 16.5. The Labute approximate surface area is 119 Å². The third-order valence-corrected chi connectivity index (χ3v) is 4.90. The van der Waals surface area contributed by atoms with Crippen LogP contribution in [0.15, 0.2) is 0 Å². The van der Waals surface area contributed by atoms with Gasteiger partial charge in [0.15, 0.2) is 0 Å². The van der Waals surface area contributed by atoms with Crippen molar-refractivity contribution in [2.75, 3.05) is 26.9 Å². The summed E-state index contributed by atoms with van der Waals surface area (Å²) in [5, 5.41) is 3.43. The number of aromatic nitrogens is 2. The minimum atomic E-state index is -0.150. The lowest BCUT2D eigenvalue weighted by molar-refractivity contribution is -0.0305. The first-order valence-electron chi connectivity index (χ1n) is 7.73. The second kappa shape index (κ2) is 4.83. The summed E-state index contributed by atoms with van der Waals surface area (Å²) >= 11 is 0. The van der Waals surface area contributed by atoms with Gasteiger partial charge in [0, 0.05) is 51.3 Å². The lowest BCUT2D eigenvalue weighted by atomic mass is 10.0. The lowest BCUT2D eigenvalue weighted by Crippen LogP contribution is -2.38. The van der Waals surface area contributed by atoms with Gasteiger partial charge < -0.3 is 19.4 Å². The summed E-state index contributed by atoms with van der Waals surface area (Å²) in [6.45, 7) is 4.39. The summed E-state index contributed by atoms with van der Waals surface area (Å²) in [6.07, 6.45) is 4.65. The van der Waals surface area contributed by atoms with Gasteiger partial charge in [-0.05, 0) is 12.8 Å². The first-order valence-corrected chi connectivity index (χ1v) is 7.73. The summed E-state index contributed by atoms with van der Waals surface area (Å²) in [5.41, 5.74) is 2.53. The average Bonchev–Trinajstić information content (AvgIpc) is 3.12. The van der Waals surface area contributed by atoms with Crippen molar-refractivity contribution < 1.29 is 9.47 Å². The predicted octanol–water partition coefficient (Wildman–Crippen LogP) is 1.21. The van der Waals surface area contributed by atoms with Crippen molar-refractivity contribution in [3.63, 3.8) is 0 Å². The first-order chi connectivity index (χ1) is 9.81. The summed E-state index contributed by atoms with van der Waals surface area (Å²) in [7, 11) is 1.82. The predicted molar refractivity (Wildman–Crippen MR) is 74.8 cm³/mol. The molecule has 2 fully saturated rings. The Morgan fingerprint density at radius 2 is 2.40 bits per heavy atom. The molecule has 110 valence electrons. The Balaban J connectivity index is 1.70. The highest BCUT2D eigenvalue weighted by Gasteiger charge is 2.39. The van der Waals surface area contributed by atoms with Crippen molar-refractivity contribution in [1.29, 1.82) is 0 Å². The zero-order chi connectivity index (χ0) is 13.6. The molecule has 5 heteroatoms. The van der Waals surface area contributed by atoms with Crippen molar-refractivity contribution in [2.45, 2.75) is 50.3 Å². The van der Waals surface area contributed by atoms with Crippen molar-refractivity contribution in [3.8, 4) is 0 Å². The Kier molecular flexibility index (Phi) is 3.09. The normalized spacial score (nSPS) is 29.6. The van der Waals surface area contributed by atoms with Crippen LogP contribution in [-0.4, -0.2) is 42.0 Å². The van der Waals surface area contributed by atoms with E-state index in [1.54, 1.807) is 0 Å². The minimum absolute atomic E-state index is 0.150. The van der Waals surface area contributed by atoms with Gasteiger partial charge in [-0.15, -0.1) is 0 Å². The van der Waals surface area contributed by atoms with Gasteiger partial charge in [0.25, 0.3) is 0 Å². The minimum Gasteiger partial charge on any atom is -0.378 e. The van der Waals surface area contributed by atoms with Gasteiger partial charge in [0.05, 0.1) is 18.8 Å². The molecule has 1 atom stereocenters. The number of imidazole rings is 1. The van der Waals surface area contributed by atoms with Gasteiger partial charge in [-0.25, -0.2) is 4.98 Å². The second-order valence-corrected chi connectivity index (χ2v) is 6.34. The third-order valence-electron chi connectivity index (χ3n) is 4.90. The highest BCUT2D eigenvalue weighted by molar-refractivity contribution is 5.24. The number of methoxy groups -OCH3 is 1. The average molecular weight is 277 g/mol. The molecule has 1 saturated heterocycles. The Morgan fingerprint density at radius 1 is 1.50 bits per heavy atom. The van der Waals surface area contributed by atoms with E-state index in [1.807, 2.05) is 7.11 Å². The van der Waals surface area contributed by atoms with E-state index in [0.29, 0.717) is 12.5 Å². The molecule has 0 aromatic carbocycles. The van der Waals surface area contributed by atoms with E-state index in [-0.39, 0.29) is 5.60 Å². The fourth-order valence-electron chi connectivity index (χ4n) is 3.45. The maximum Gasteiger partial charge on any atom is 0.112 e. The van der Waals surface area contributed by atoms with Crippen molar-refractivity contribution >= 4 is 0 Å². The van der Waals surface area contributed by atoms with Gasteiger partial charge in [-0.2, -0.15) is 0 Å². The Bertz CT molecular complexity index is 501. The number of rotatable bonds is 4. The summed E-state index contributed by atoms with van der Waals surface area (Å²) < 4.78 is 13.9. The fraction of sp³-hybridized carbons (Fsp3) is 0.800. The summed E-state index contributed by atoms with van der Waals surface area (Å²) in [6, 6.07) is 0. The molecule has 4 rings (SSSR count). The molecule has 1 aromatic rings. The van der Waals surface area contributed by atoms with E-state index in [0.717, 1.165) is 39.1 Å². The molecule has 1 N–H and O–H groups in total. The zero-order valence-corrected chi connectivity index (χ0v) is 12.2. The van der Waals surface area contributed by atoms with E-state index in [9.17, 15) is 0 Å². The Hall–Kier alpha value is -0.910. The highest BCUT2D eigenvalue weighted by Crippen LogP contribution is 2.41. The molecule has 0 amide bonds. The molecule has 0 spiro atoms. The molecule has 1 aliphatic carbocycles. The van der Waals surface area contributed by atoms with Gasteiger partial charge >= 0.3 is 0 Å². The SMILES string of the molecule is COC1(Cn2c(C3CC3)nc3c2CCNC3)CCOC1. The standard InChI is InChI=1S/C15H23N3O2/c1-19-15(5-7-20-10-15)9-18-13-4-6-16-8-12(13)17-14(18)11-2-3-11/h11,16H,2-10H2,1H3. The third kappa shape index (κ3) is 2.08. The van der Waals surface area contributed by atoms with Crippen molar-refractivity contribution in [2.24, 2.45) is 0 Å². The van der Waals surface area contributed by atoms with Crippen LogP contribution in [0, 0.1) is 0 Å². The largest absolute Gasteiger partial charge is 0.378 e. The molecule has 3 aliphatic rings. The van der Waals surface area contributed by atoms with Crippen LogP contribution in [0.5, 0.6) is 0 Å². The number of hydrogen-bond donors (Lipinski definition) is 1. The van der Waals surface area contributed by atoms with Crippen LogP contribution < -0.4 is 5.32 Å². The molecule has 1 saturated carbocycles. The molecule has 2 aliphatic heterocycles. The van der Waals surface area contributed by atoms with Gasteiger partial charge in [0.1, 0.15) is 11.4 Å². The van der Waals surface area contributed by atoms with Gasteiger partial charge in [-0.3, -0.25) is 0 Å². The van der Waals surface area contributed by atoms with Gasteiger partial charge in [0.2, 0.25) is 0 Å².